The van der Waals surface area contributed by atoms with Crippen LogP contribution in [0.2, 0.25) is 0 Å². The minimum absolute atomic E-state index is 0.231. The molecule has 88 valence electrons. The second kappa shape index (κ2) is 6.33. The minimum Gasteiger partial charge on any atom is -0.488 e. The molecule has 16 heavy (non-hydrogen) atoms. The number of hydrogen-bond acceptors (Lipinski definition) is 2. The number of nitrogens with two attached hydrogens (primary N) is 1. The molecular formula is C12H18N2OS. The molecule has 0 aromatic heterocycles. The zero-order chi connectivity index (χ0) is 12.0. The molecule has 0 aliphatic rings. The van der Waals surface area contributed by atoms with Crippen LogP contribution < -0.4 is 15.8 Å². The fourth-order valence-corrected chi connectivity index (χ4v) is 1.55. The van der Waals surface area contributed by atoms with Crippen molar-refractivity contribution >= 4 is 23.0 Å². The van der Waals surface area contributed by atoms with Crippen molar-refractivity contribution in [1.29, 1.82) is 0 Å². The Bertz CT molecular complexity index is 351. The molecule has 1 rings (SSSR count). The van der Waals surface area contributed by atoms with Crippen LogP contribution in [-0.4, -0.2) is 11.2 Å². The largest absolute Gasteiger partial charge is 0.488 e. The molecule has 0 aliphatic carbocycles. The number of benzene rings is 1. The van der Waals surface area contributed by atoms with Gasteiger partial charge in [0.15, 0.2) is 5.11 Å². The lowest BCUT2D eigenvalue weighted by atomic mass is 10.2. The minimum atomic E-state index is 0.231. The number of rotatable bonds is 5. The first-order valence-electron chi connectivity index (χ1n) is 5.49. The van der Waals surface area contributed by atoms with Crippen molar-refractivity contribution in [3.05, 3.63) is 24.3 Å². The van der Waals surface area contributed by atoms with Gasteiger partial charge in [0.2, 0.25) is 0 Å². The second-order valence-corrected chi connectivity index (χ2v) is 3.98. The Balaban J connectivity index is 2.81. The quantitative estimate of drug-likeness (QED) is 0.774. The third-order valence-electron chi connectivity index (χ3n) is 2.35. The summed E-state index contributed by atoms with van der Waals surface area (Å²) in [6.07, 6.45) is 2.20. The molecule has 0 unspecified atom stereocenters. The Labute approximate surface area is 102 Å². The summed E-state index contributed by atoms with van der Waals surface area (Å²) < 4.78 is 5.87. The van der Waals surface area contributed by atoms with Gasteiger partial charge in [-0.3, -0.25) is 0 Å². The predicted octanol–water partition coefficient (Wildman–Crippen LogP) is 2.91. The van der Waals surface area contributed by atoms with Gasteiger partial charge in [0, 0.05) is 0 Å². The van der Waals surface area contributed by atoms with Crippen molar-refractivity contribution in [2.75, 3.05) is 5.32 Å². The lowest BCUT2D eigenvalue weighted by molar-refractivity contribution is 0.194. The van der Waals surface area contributed by atoms with Crippen molar-refractivity contribution < 1.29 is 4.74 Å². The smallest absolute Gasteiger partial charge is 0.168 e. The summed E-state index contributed by atoms with van der Waals surface area (Å²) in [5.41, 5.74) is 6.28. The van der Waals surface area contributed by atoms with Crippen molar-refractivity contribution in [2.24, 2.45) is 5.73 Å². The molecule has 0 heterocycles. The van der Waals surface area contributed by atoms with Gasteiger partial charge >= 0.3 is 0 Å². The van der Waals surface area contributed by atoms with E-state index in [0.29, 0.717) is 0 Å². The lowest BCUT2D eigenvalue weighted by Gasteiger charge is -2.18. The molecule has 4 heteroatoms. The molecule has 3 N–H and O–H groups in total. The molecule has 0 spiro atoms. The number of ether oxygens (including phenoxy) is 1. The summed E-state index contributed by atoms with van der Waals surface area (Å²) in [7, 11) is 0. The van der Waals surface area contributed by atoms with Crippen LogP contribution in [0.25, 0.3) is 0 Å². The van der Waals surface area contributed by atoms with E-state index in [9.17, 15) is 0 Å². The van der Waals surface area contributed by atoms with Crippen LogP contribution in [-0.2, 0) is 0 Å². The average molecular weight is 238 g/mol. The maximum atomic E-state index is 5.87. The van der Waals surface area contributed by atoms with Gasteiger partial charge in [-0.2, -0.15) is 0 Å². The van der Waals surface area contributed by atoms with Crippen LogP contribution in [0.15, 0.2) is 24.3 Å². The van der Waals surface area contributed by atoms with Gasteiger partial charge in [0.25, 0.3) is 0 Å². The van der Waals surface area contributed by atoms with Crippen molar-refractivity contribution in [2.45, 2.75) is 32.8 Å². The van der Waals surface area contributed by atoms with E-state index in [0.717, 1.165) is 24.3 Å². The number of thiocarbonyl (C=S) groups is 1. The van der Waals surface area contributed by atoms with Gasteiger partial charge in [-0.25, -0.2) is 0 Å². The van der Waals surface area contributed by atoms with E-state index in [2.05, 4.69) is 19.2 Å². The van der Waals surface area contributed by atoms with Crippen molar-refractivity contribution in [3.63, 3.8) is 0 Å². The molecule has 0 saturated heterocycles. The van der Waals surface area contributed by atoms with Crippen LogP contribution >= 0.6 is 12.2 Å². The first-order valence-corrected chi connectivity index (χ1v) is 5.90. The first kappa shape index (κ1) is 12.8. The fourth-order valence-electron chi connectivity index (χ4n) is 1.44. The maximum absolute atomic E-state index is 5.87. The van der Waals surface area contributed by atoms with E-state index in [1.165, 1.54) is 0 Å². The Hall–Kier alpha value is -1.29. The summed E-state index contributed by atoms with van der Waals surface area (Å²) >= 11 is 4.82. The topological polar surface area (TPSA) is 47.3 Å². The van der Waals surface area contributed by atoms with Crippen LogP contribution in [0, 0.1) is 0 Å². The highest BCUT2D eigenvalue weighted by Crippen LogP contribution is 2.25. The molecule has 0 atom stereocenters. The highest BCUT2D eigenvalue weighted by Gasteiger charge is 2.08. The number of anilines is 1. The molecule has 0 fully saturated rings. The van der Waals surface area contributed by atoms with E-state index in [1.54, 1.807) is 0 Å². The Morgan fingerprint density at radius 3 is 2.56 bits per heavy atom. The third-order valence-corrected chi connectivity index (χ3v) is 2.45. The Kier molecular flexibility index (Phi) is 5.05. The normalized spacial score (nSPS) is 10.2. The number of nitrogens with one attached hydrogen (secondary N) is 1. The highest BCUT2D eigenvalue weighted by atomic mass is 32.1. The van der Waals surface area contributed by atoms with Gasteiger partial charge in [-0.05, 0) is 37.2 Å². The number of hydrogen-bond donors (Lipinski definition) is 2. The average Bonchev–Trinajstić information content (AvgIpc) is 2.27. The third kappa shape index (κ3) is 3.70. The Morgan fingerprint density at radius 2 is 2.00 bits per heavy atom. The van der Waals surface area contributed by atoms with Crippen molar-refractivity contribution in [1.82, 2.24) is 0 Å². The maximum Gasteiger partial charge on any atom is 0.168 e. The molecule has 1 aromatic rings. The van der Waals surface area contributed by atoms with Crippen LogP contribution in [0.4, 0.5) is 5.69 Å². The highest BCUT2D eigenvalue weighted by molar-refractivity contribution is 7.80. The molecular weight excluding hydrogens is 220 g/mol. The summed E-state index contributed by atoms with van der Waals surface area (Å²) in [6.45, 7) is 4.22. The molecule has 3 nitrogen and oxygen atoms in total. The zero-order valence-electron chi connectivity index (χ0n) is 9.69. The van der Waals surface area contributed by atoms with E-state index < -0.39 is 0 Å². The van der Waals surface area contributed by atoms with Crippen LogP contribution in [0.3, 0.4) is 0 Å². The summed E-state index contributed by atoms with van der Waals surface area (Å²) in [5, 5.41) is 3.16. The van der Waals surface area contributed by atoms with E-state index >= 15 is 0 Å². The SMILES string of the molecule is CCC(CC)Oc1ccccc1NC(N)=S. The van der Waals surface area contributed by atoms with E-state index in [-0.39, 0.29) is 11.2 Å². The molecule has 0 radical (unpaired) electrons. The molecule has 0 bridgehead atoms. The number of para-hydroxylation sites is 2. The van der Waals surface area contributed by atoms with Gasteiger partial charge in [0.1, 0.15) is 5.75 Å². The standard InChI is InChI=1S/C12H18N2OS/c1-3-9(4-2)15-11-8-6-5-7-10(11)14-12(13)16/h5-9H,3-4H2,1-2H3,(H3,13,14,16). The monoisotopic (exact) mass is 238 g/mol. The van der Waals surface area contributed by atoms with Crippen LogP contribution in [0.1, 0.15) is 26.7 Å². The molecule has 1 aromatic carbocycles. The van der Waals surface area contributed by atoms with Gasteiger partial charge in [0.05, 0.1) is 11.8 Å². The van der Waals surface area contributed by atoms with E-state index in [1.807, 2.05) is 24.3 Å². The predicted molar refractivity (Wildman–Crippen MR) is 71.8 cm³/mol. The lowest BCUT2D eigenvalue weighted by Crippen LogP contribution is -2.21. The van der Waals surface area contributed by atoms with Crippen molar-refractivity contribution in [3.8, 4) is 5.75 Å². The molecule has 0 aliphatic heterocycles. The fraction of sp³-hybridized carbons (Fsp3) is 0.417. The summed E-state index contributed by atoms with van der Waals surface area (Å²) in [4.78, 5) is 0. The Morgan fingerprint density at radius 1 is 1.38 bits per heavy atom. The molecule has 0 amide bonds. The van der Waals surface area contributed by atoms with Gasteiger partial charge in [-0.15, -0.1) is 0 Å². The van der Waals surface area contributed by atoms with Gasteiger partial charge < -0.3 is 15.8 Å². The summed E-state index contributed by atoms with van der Waals surface area (Å²) in [6, 6.07) is 7.67. The zero-order valence-corrected chi connectivity index (χ0v) is 10.5. The second-order valence-electron chi connectivity index (χ2n) is 3.54. The van der Waals surface area contributed by atoms with E-state index in [4.69, 9.17) is 22.7 Å². The van der Waals surface area contributed by atoms with Gasteiger partial charge in [-0.1, -0.05) is 26.0 Å². The molecule has 0 saturated carbocycles. The summed E-state index contributed by atoms with van der Waals surface area (Å²) in [5.74, 6) is 0.795. The van der Waals surface area contributed by atoms with Crippen LogP contribution in [0.5, 0.6) is 5.75 Å². The first-order chi connectivity index (χ1) is 7.67.